The molecule has 1 atom stereocenters. The van der Waals surface area contributed by atoms with E-state index in [2.05, 4.69) is 21.7 Å². The van der Waals surface area contributed by atoms with Crippen molar-refractivity contribution in [2.45, 2.75) is 32.4 Å². The molecule has 6 heteroatoms. The number of nitriles is 1. The van der Waals surface area contributed by atoms with Gasteiger partial charge in [-0.2, -0.15) is 5.26 Å². The lowest BCUT2D eigenvalue weighted by atomic mass is 10.1. The Bertz CT molecular complexity index is 745. The van der Waals surface area contributed by atoms with Crippen molar-refractivity contribution in [2.24, 2.45) is 5.92 Å². The number of hydrogen-bond donors (Lipinski definition) is 2. The maximum atomic E-state index is 12.2. The molecule has 1 aliphatic rings. The molecule has 0 bridgehead atoms. The summed E-state index contributed by atoms with van der Waals surface area (Å²) in [7, 11) is 0. The van der Waals surface area contributed by atoms with Crippen LogP contribution in [0, 0.1) is 24.2 Å². The molecule has 1 heterocycles. The zero-order valence-electron chi connectivity index (χ0n) is 12.9. The standard InChI is InChI=1S/C17H18N4OS/c1-11-9-19-16(23-11)15(14-5-6-14)21-17(22)20-10-13-4-2-3-12(7-13)8-18/h2-4,7,9,14-15H,5-6,10H2,1H3,(H2,20,21,22)/t15-/m0/s1. The Morgan fingerprint density at radius 3 is 3.00 bits per heavy atom. The monoisotopic (exact) mass is 326 g/mol. The van der Waals surface area contributed by atoms with Crippen LogP contribution in [0.5, 0.6) is 0 Å². The van der Waals surface area contributed by atoms with Crippen LogP contribution < -0.4 is 10.6 Å². The van der Waals surface area contributed by atoms with E-state index in [-0.39, 0.29) is 12.1 Å². The smallest absolute Gasteiger partial charge is 0.315 e. The number of carbonyl (C=O) groups excluding carboxylic acids is 1. The Kier molecular flexibility index (Phi) is 4.58. The highest BCUT2D eigenvalue weighted by molar-refractivity contribution is 7.11. The topological polar surface area (TPSA) is 77.8 Å². The summed E-state index contributed by atoms with van der Waals surface area (Å²) in [6, 6.07) is 9.14. The third-order valence-electron chi connectivity index (χ3n) is 3.79. The fourth-order valence-corrected chi connectivity index (χ4v) is 3.37. The minimum absolute atomic E-state index is 0.000794. The lowest BCUT2D eigenvalue weighted by Crippen LogP contribution is -2.38. The van der Waals surface area contributed by atoms with Crippen LogP contribution >= 0.6 is 11.3 Å². The number of thiazole rings is 1. The van der Waals surface area contributed by atoms with Gasteiger partial charge in [-0.25, -0.2) is 9.78 Å². The molecule has 1 fully saturated rings. The first-order valence-corrected chi connectivity index (χ1v) is 8.43. The SMILES string of the molecule is Cc1cnc([C@@H](NC(=O)NCc2cccc(C#N)c2)C2CC2)s1. The predicted octanol–water partition coefficient (Wildman–Crippen LogP) is 3.27. The van der Waals surface area contributed by atoms with E-state index in [1.807, 2.05) is 25.3 Å². The molecule has 0 spiro atoms. The van der Waals surface area contributed by atoms with Gasteiger partial charge in [-0.15, -0.1) is 11.3 Å². The Hall–Kier alpha value is -2.39. The van der Waals surface area contributed by atoms with E-state index in [1.165, 1.54) is 0 Å². The normalized spacial score (nSPS) is 14.8. The predicted molar refractivity (Wildman–Crippen MR) is 88.8 cm³/mol. The molecule has 2 aromatic rings. The second kappa shape index (κ2) is 6.80. The van der Waals surface area contributed by atoms with Crippen LogP contribution in [0.15, 0.2) is 30.5 Å². The Morgan fingerprint density at radius 1 is 1.52 bits per heavy atom. The molecular weight excluding hydrogens is 308 g/mol. The minimum Gasteiger partial charge on any atom is -0.334 e. The average Bonchev–Trinajstić information content (AvgIpc) is 3.32. The van der Waals surface area contributed by atoms with Gasteiger partial charge in [0.2, 0.25) is 0 Å². The number of benzene rings is 1. The fourth-order valence-electron chi connectivity index (χ4n) is 2.45. The summed E-state index contributed by atoms with van der Waals surface area (Å²) in [6.07, 6.45) is 4.12. The van der Waals surface area contributed by atoms with Crippen LogP contribution in [0.2, 0.25) is 0 Å². The van der Waals surface area contributed by atoms with Gasteiger partial charge < -0.3 is 10.6 Å². The number of urea groups is 1. The first-order valence-electron chi connectivity index (χ1n) is 7.61. The number of nitrogens with one attached hydrogen (secondary N) is 2. The van der Waals surface area contributed by atoms with Gasteiger partial charge in [0.25, 0.3) is 0 Å². The highest BCUT2D eigenvalue weighted by Crippen LogP contribution is 2.41. The first kappa shape index (κ1) is 15.5. The van der Waals surface area contributed by atoms with Gasteiger partial charge in [0.1, 0.15) is 5.01 Å². The lowest BCUT2D eigenvalue weighted by molar-refractivity contribution is 0.235. The quantitative estimate of drug-likeness (QED) is 0.885. The molecule has 0 saturated heterocycles. The summed E-state index contributed by atoms with van der Waals surface area (Å²) in [4.78, 5) is 17.7. The third kappa shape index (κ3) is 4.08. The summed E-state index contributed by atoms with van der Waals surface area (Å²) in [5.74, 6) is 0.494. The summed E-state index contributed by atoms with van der Waals surface area (Å²) < 4.78 is 0. The number of carbonyl (C=O) groups is 1. The second-order valence-electron chi connectivity index (χ2n) is 5.76. The molecule has 0 radical (unpaired) electrons. The Morgan fingerprint density at radius 2 is 2.35 bits per heavy atom. The molecule has 1 aliphatic carbocycles. The number of aryl methyl sites for hydroxylation is 1. The van der Waals surface area contributed by atoms with E-state index in [9.17, 15) is 4.79 Å². The van der Waals surface area contributed by atoms with Gasteiger partial charge in [-0.3, -0.25) is 0 Å². The van der Waals surface area contributed by atoms with Crippen molar-refractivity contribution < 1.29 is 4.79 Å². The van der Waals surface area contributed by atoms with Crippen molar-refractivity contribution in [1.82, 2.24) is 15.6 Å². The van der Waals surface area contributed by atoms with Gasteiger partial charge in [-0.1, -0.05) is 12.1 Å². The van der Waals surface area contributed by atoms with Gasteiger partial charge in [-0.05, 0) is 43.4 Å². The molecule has 5 nitrogen and oxygen atoms in total. The lowest BCUT2D eigenvalue weighted by Gasteiger charge is -2.16. The van der Waals surface area contributed by atoms with Crippen LogP contribution in [0.4, 0.5) is 4.79 Å². The fraction of sp³-hybridized carbons (Fsp3) is 0.353. The molecule has 2 amide bonds. The number of amides is 2. The van der Waals surface area contributed by atoms with Crippen molar-refractivity contribution in [3.8, 4) is 6.07 Å². The van der Waals surface area contributed by atoms with Crippen LogP contribution in [0.1, 0.15) is 39.9 Å². The highest BCUT2D eigenvalue weighted by Gasteiger charge is 2.35. The largest absolute Gasteiger partial charge is 0.334 e. The van der Waals surface area contributed by atoms with Gasteiger partial charge in [0, 0.05) is 17.6 Å². The van der Waals surface area contributed by atoms with E-state index in [1.54, 1.807) is 23.5 Å². The van der Waals surface area contributed by atoms with Crippen molar-refractivity contribution in [1.29, 1.82) is 5.26 Å². The molecule has 2 N–H and O–H groups in total. The van der Waals surface area contributed by atoms with Crippen molar-refractivity contribution in [3.05, 3.63) is 51.5 Å². The molecule has 1 aromatic carbocycles. The minimum atomic E-state index is -0.197. The Balaban J connectivity index is 1.58. The number of aromatic nitrogens is 1. The van der Waals surface area contributed by atoms with E-state index in [0.29, 0.717) is 18.0 Å². The molecule has 0 unspecified atom stereocenters. The molecular formula is C17H18N4OS. The summed E-state index contributed by atoms with van der Waals surface area (Å²) in [5, 5.41) is 15.8. The molecule has 3 rings (SSSR count). The van der Waals surface area contributed by atoms with Crippen LogP contribution in [0.25, 0.3) is 0 Å². The molecule has 1 aromatic heterocycles. The van der Waals surface area contributed by atoms with Crippen LogP contribution in [-0.4, -0.2) is 11.0 Å². The van der Waals surface area contributed by atoms with Gasteiger partial charge in [0.15, 0.2) is 0 Å². The van der Waals surface area contributed by atoms with E-state index >= 15 is 0 Å². The highest BCUT2D eigenvalue weighted by atomic mass is 32.1. The third-order valence-corrected chi connectivity index (χ3v) is 4.79. The number of hydrogen-bond acceptors (Lipinski definition) is 4. The summed E-state index contributed by atoms with van der Waals surface area (Å²) in [5.41, 5.74) is 1.51. The average molecular weight is 326 g/mol. The van der Waals surface area contributed by atoms with Crippen molar-refractivity contribution in [2.75, 3.05) is 0 Å². The molecule has 23 heavy (non-hydrogen) atoms. The van der Waals surface area contributed by atoms with E-state index in [0.717, 1.165) is 28.3 Å². The maximum absolute atomic E-state index is 12.2. The first-order chi connectivity index (χ1) is 11.2. The van der Waals surface area contributed by atoms with Crippen molar-refractivity contribution in [3.63, 3.8) is 0 Å². The van der Waals surface area contributed by atoms with Gasteiger partial charge in [0.05, 0.1) is 17.7 Å². The van der Waals surface area contributed by atoms with Crippen molar-refractivity contribution >= 4 is 17.4 Å². The Labute approximate surface area is 139 Å². The second-order valence-corrected chi connectivity index (χ2v) is 7.03. The maximum Gasteiger partial charge on any atom is 0.315 e. The van der Waals surface area contributed by atoms with E-state index < -0.39 is 0 Å². The number of rotatable bonds is 5. The zero-order valence-corrected chi connectivity index (χ0v) is 13.7. The van der Waals surface area contributed by atoms with Crippen LogP contribution in [-0.2, 0) is 6.54 Å². The molecule has 118 valence electrons. The molecule has 0 aliphatic heterocycles. The van der Waals surface area contributed by atoms with Gasteiger partial charge >= 0.3 is 6.03 Å². The summed E-state index contributed by atoms with van der Waals surface area (Å²) >= 11 is 1.64. The van der Waals surface area contributed by atoms with E-state index in [4.69, 9.17) is 5.26 Å². The number of nitrogens with zero attached hydrogens (tertiary/aromatic N) is 2. The summed E-state index contributed by atoms with van der Waals surface area (Å²) in [6.45, 7) is 2.42. The zero-order chi connectivity index (χ0) is 16.2. The molecule has 1 saturated carbocycles. The van der Waals surface area contributed by atoms with Crippen LogP contribution in [0.3, 0.4) is 0 Å².